The highest BCUT2D eigenvalue weighted by molar-refractivity contribution is 9.10. The third kappa shape index (κ3) is 3.91. The smallest absolute Gasteiger partial charge is 0.327 e. The number of thioether (sulfide) groups is 1. The maximum absolute atomic E-state index is 12.3. The van der Waals surface area contributed by atoms with E-state index in [1.165, 1.54) is 16.7 Å². The van der Waals surface area contributed by atoms with Crippen molar-refractivity contribution in [3.63, 3.8) is 0 Å². The Balaban J connectivity index is 2.00. The highest BCUT2D eigenvalue weighted by Gasteiger charge is 2.40. The Bertz CT molecular complexity index is 522. The van der Waals surface area contributed by atoms with Crippen molar-refractivity contribution in [1.29, 1.82) is 0 Å². The minimum atomic E-state index is -0.963. The van der Waals surface area contributed by atoms with E-state index in [-0.39, 0.29) is 17.9 Å². The van der Waals surface area contributed by atoms with Crippen LogP contribution in [-0.2, 0) is 9.59 Å². The zero-order chi connectivity index (χ0) is 15.4. The number of nitrogens with zero attached hydrogens (tertiary/aromatic N) is 1. The van der Waals surface area contributed by atoms with Gasteiger partial charge in [-0.15, -0.1) is 11.8 Å². The maximum Gasteiger partial charge on any atom is 0.327 e. The van der Waals surface area contributed by atoms with E-state index in [1.54, 1.807) is 12.1 Å². The number of ether oxygens (including phenoxy) is 1. The molecule has 1 heterocycles. The van der Waals surface area contributed by atoms with Gasteiger partial charge in [0.15, 0.2) is 6.61 Å². The summed E-state index contributed by atoms with van der Waals surface area (Å²) >= 11 is 4.82. The summed E-state index contributed by atoms with van der Waals surface area (Å²) in [4.78, 5) is 25.0. The topological polar surface area (TPSA) is 66.8 Å². The van der Waals surface area contributed by atoms with Crippen LogP contribution in [-0.4, -0.2) is 45.7 Å². The number of benzene rings is 1. The zero-order valence-corrected chi connectivity index (χ0v) is 13.9. The Hall–Kier alpha value is -1.21. The Kier molecular flexibility index (Phi) is 5.52. The zero-order valence-electron chi connectivity index (χ0n) is 11.5. The van der Waals surface area contributed by atoms with Crippen LogP contribution in [0, 0.1) is 0 Å². The van der Waals surface area contributed by atoms with Crippen molar-refractivity contribution in [2.75, 3.05) is 12.4 Å². The van der Waals surface area contributed by atoms with Gasteiger partial charge in [-0.3, -0.25) is 4.79 Å². The Labute approximate surface area is 135 Å². The fourth-order valence-electron chi connectivity index (χ4n) is 2.15. The molecule has 114 valence electrons. The van der Waals surface area contributed by atoms with Crippen molar-refractivity contribution in [3.05, 3.63) is 28.7 Å². The number of aliphatic carboxylic acids is 1. The second-order valence-corrected chi connectivity index (χ2v) is 6.72. The lowest BCUT2D eigenvalue weighted by Gasteiger charge is -2.26. The molecule has 2 unspecified atom stereocenters. The Morgan fingerprint density at radius 3 is 2.67 bits per heavy atom. The molecule has 1 aliphatic heterocycles. The number of halogens is 1. The number of carbonyl (C=O) groups excluding carboxylic acids is 1. The lowest BCUT2D eigenvalue weighted by molar-refractivity contribution is -0.149. The van der Waals surface area contributed by atoms with E-state index >= 15 is 0 Å². The second kappa shape index (κ2) is 7.17. The van der Waals surface area contributed by atoms with Crippen LogP contribution in [0.25, 0.3) is 0 Å². The Morgan fingerprint density at radius 1 is 1.43 bits per heavy atom. The first-order valence-electron chi connectivity index (χ1n) is 6.57. The summed E-state index contributed by atoms with van der Waals surface area (Å²) in [7, 11) is 0. The molecule has 2 rings (SSSR count). The van der Waals surface area contributed by atoms with Crippen LogP contribution in [0.3, 0.4) is 0 Å². The van der Waals surface area contributed by atoms with E-state index in [0.29, 0.717) is 11.5 Å². The van der Waals surface area contributed by atoms with Gasteiger partial charge in [-0.2, -0.15) is 0 Å². The summed E-state index contributed by atoms with van der Waals surface area (Å²) in [5.74, 6) is -0.242. The third-order valence-corrected chi connectivity index (χ3v) is 5.17. The summed E-state index contributed by atoms with van der Waals surface area (Å²) in [6.07, 6.45) is 0.721. The molecule has 1 aromatic rings. The summed E-state index contributed by atoms with van der Waals surface area (Å²) in [5, 5.41) is 9.12. The van der Waals surface area contributed by atoms with Gasteiger partial charge in [-0.05, 0) is 30.7 Å². The third-order valence-electron chi connectivity index (χ3n) is 3.19. The van der Waals surface area contributed by atoms with Crippen molar-refractivity contribution in [1.82, 2.24) is 4.90 Å². The van der Waals surface area contributed by atoms with Crippen LogP contribution in [0.4, 0.5) is 0 Å². The SMILES string of the molecule is CCC1SCC(C(=O)O)N1C(=O)COc1ccc(Br)cc1. The van der Waals surface area contributed by atoms with Gasteiger partial charge in [-0.1, -0.05) is 22.9 Å². The molecule has 0 aromatic heterocycles. The highest BCUT2D eigenvalue weighted by Crippen LogP contribution is 2.31. The summed E-state index contributed by atoms with van der Waals surface area (Å²) in [5.41, 5.74) is 0. The van der Waals surface area contributed by atoms with Gasteiger partial charge in [0.1, 0.15) is 11.8 Å². The lowest BCUT2D eigenvalue weighted by atomic mass is 10.2. The molecule has 1 saturated heterocycles. The number of carboxylic acid groups (broad SMARTS) is 1. The number of carbonyl (C=O) groups is 2. The van der Waals surface area contributed by atoms with Gasteiger partial charge in [-0.25, -0.2) is 4.79 Å². The predicted octanol–water partition coefficient (Wildman–Crippen LogP) is 2.59. The molecule has 1 aromatic carbocycles. The number of carboxylic acids is 1. The Morgan fingerprint density at radius 2 is 2.10 bits per heavy atom. The van der Waals surface area contributed by atoms with Gasteiger partial charge in [0.25, 0.3) is 5.91 Å². The molecule has 0 aliphatic carbocycles. The largest absolute Gasteiger partial charge is 0.484 e. The van der Waals surface area contributed by atoms with E-state index < -0.39 is 12.0 Å². The first-order valence-corrected chi connectivity index (χ1v) is 8.41. The van der Waals surface area contributed by atoms with Gasteiger partial charge >= 0.3 is 5.97 Å². The van der Waals surface area contributed by atoms with E-state index in [2.05, 4.69) is 15.9 Å². The molecule has 2 atom stereocenters. The van der Waals surface area contributed by atoms with E-state index in [1.807, 2.05) is 19.1 Å². The molecule has 1 aliphatic rings. The van der Waals surface area contributed by atoms with Crippen molar-refractivity contribution in [2.45, 2.75) is 24.8 Å². The number of hydrogen-bond donors (Lipinski definition) is 1. The molecule has 21 heavy (non-hydrogen) atoms. The average Bonchev–Trinajstić information content (AvgIpc) is 2.90. The van der Waals surface area contributed by atoms with Crippen molar-refractivity contribution in [3.8, 4) is 5.75 Å². The van der Waals surface area contributed by atoms with Crippen molar-refractivity contribution < 1.29 is 19.4 Å². The van der Waals surface area contributed by atoms with E-state index in [4.69, 9.17) is 4.74 Å². The summed E-state index contributed by atoms with van der Waals surface area (Å²) in [6.45, 7) is 1.79. The molecular formula is C14H16BrNO4S. The van der Waals surface area contributed by atoms with E-state index in [9.17, 15) is 14.7 Å². The normalized spacial score (nSPS) is 21.3. The number of hydrogen-bond acceptors (Lipinski definition) is 4. The fourth-order valence-corrected chi connectivity index (χ4v) is 3.79. The number of rotatable bonds is 5. The molecule has 0 radical (unpaired) electrons. The van der Waals surface area contributed by atoms with Gasteiger partial charge < -0.3 is 14.7 Å². The number of amides is 1. The van der Waals surface area contributed by atoms with Crippen LogP contribution in [0.5, 0.6) is 5.75 Å². The summed E-state index contributed by atoms with van der Waals surface area (Å²) < 4.78 is 6.37. The standard InChI is InChI=1S/C14H16BrNO4S/c1-2-13-16(11(8-21-13)14(18)19)12(17)7-20-10-5-3-9(15)4-6-10/h3-6,11,13H,2,7-8H2,1H3,(H,18,19). The summed E-state index contributed by atoms with van der Waals surface area (Å²) in [6, 6.07) is 6.38. The van der Waals surface area contributed by atoms with E-state index in [0.717, 1.165) is 10.9 Å². The minimum Gasteiger partial charge on any atom is -0.484 e. The molecule has 1 N–H and O–H groups in total. The van der Waals surface area contributed by atoms with Crippen LogP contribution in [0.15, 0.2) is 28.7 Å². The monoisotopic (exact) mass is 373 g/mol. The fraction of sp³-hybridized carbons (Fsp3) is 0.429. The molecular weight excluding hydrogens is 358 g/mol. The first kappa shape index (κ1) is 16.2. The molecule has 0 saturated carbocycles. The van der Waals surface area contributed by atoms with Crippen molar-refractivity contribution >= 4 is 39.6 Å². The van der Waals surface area contributed by atoms with Crippen LogP contribution in [0.2, 0.25) is 0 Å². The lowest BCUT2D eigenvalue weighted by Crippen LogP contribution is -2.47. The quantitative estimate of drug-likeness (QED) is 0.858. The predicted molar refractivity (Wildman–Crippen MR) is 84.4 cm³/mol. The molecule has 5 nitrogen and oxygen atoms in total. The van der Waals surface area contributed by atoms with Crippen LogP contribution < -0.4 is 4.74 Å². The molecule has 0 spiro atoms. The van der Waals surface area contributed by atoms with Crippen molar-refractivity contribution in [2.24, 2.45) is 0 Å². The first-order chi connectivity index (χ1) is 10.0. The maximum atomic E-state index is 12.3. The second-order valence-electron chi connectivity index (χ2n) is 4.59. The molecule has 7 heteroatoms. The van der Waals surface area contributed by atoms with Crippen LogP contribution >= 0.6 is 27.7 Å². The highest BCUT2D eigenvalue weighted by atomic mass is 79.9. The van der Waals surface area contributed by atoms with Gasteiger partial charge in [0, 0.05) is 10.2 Å². The minimum absolute atomic E-state index is 0.0906. The molecule has 1 amide bonds. The van der Waals surface area contributed by atoms with Crippen LogP contribution in [0.1, 0.15) is 13.3 Å². The molecule has 0 bridgehead atoms. The van der Waals surface area contributed by atoms with Gasteiger partial charge in [0.05, 0.1) is 5.37 Å². The molecule has 1 fully saturated rings. The average molecular weight is 374 g/mol. The van der Waals surface area contributed by atoms with Gasteiger partial charge in [0.2, 0.25) is 0 Å².